The molecule has 4 aromatic carbocycles. The molecule has 2 atom stereocenters. The van der Waals surface area contributed by atoms with Crippen molar-refractivity contribution in [2.75, 3.05) is 24.7 Å². The predicted octanol–water partition coefficient (Wildman–Crippen LogP) is 11.4. The number of anilines is 2. The Labute approximate surface area is 443 Å². The third-order valence-electron chi connectivity index (χ3n) is 14.6. The van der Waals surface area contributed by atoms with Crippen molar-refractivity contribution in [1.82, 2.24) is 0 Å². The molecular weight excluding hydrogens is 945 g/mol. The van der Waals surface area contributed by atoms with Gasteiger partial charge in [0, 0.05) is 30.0 Å². The quantitative estimate of drug-likeness (QED) is 0.00964. The van der Waals surface area contributed by atoms with Crippen molar-refractivity contribution in [2.24, 2.45) is 17.3 Å². The average Bonchev–Trinajstić information content (AvgIpc) is 3.43. The molecule has 400 valence electrons. The van der Waals surface area contributed by atoms with Crippen LogP contribution in [0, 0.1) is 17.3 Å². The maximum absolute atomic E-state index is 14.2. The summed E-state index contributed by atoms with van der Waals surface area (Å²) in [4.78, 5) is 54.7. The Kier molecular flexibility index (Phi) is 23.3. The predicted molar refractivity (Wildman–Crippen MR) is 297 cm³/mol. The van der Waals surface area contributed by atoms with Crippen LogP contribution >= 0.6 is 0 Å². The summed E-state index contributed by atoms with van der Waals surface area (Å²) < 4.78 is 23.6. The number of nitrogen functional groups attached to an aromatic ring is 2. The first kappa shape index (κ1) is 57.8. The summed E-state index contributed by atoms with van der Waals surface area (Å²) in [5.74, 6) is -1.73. The smallest absolute Gasteiger partial charge is 0.314 e. The molecule has 2 aliphatic carbocycles. The topological polar surface area (TPSA) is 198 Å². The molecule has 0 radical (unpaired) electrons. The van der Waals surface area contributed by atoms with Crippen LogP contribution in [0.5, 0.6) is 11.5 Å². The van der Waals surface area contributed by atoms with Gasteiger partial charge in [-0.05, 0) is 186 Å². The summed E-state index contributed by atoms with van der Waals surface area (Å²) in [5.41, 5.74) is 13.7. The number of nitrogens with two attached hydrogens (primary N) is 2. The number of carbonyl (C=O) groups excluding carboxylic acids is 4. The molecule has 0 spiro atoms. The van der Waals surface area contributed by atoms with Gasteiger partial charge in [-0.3, -0.25) is 19.2 Å². The van der Waals surface area contributed by atoms with Gasteiger partial charge in [0.15, 0.2) is 11.6 Å². The van der Waals surface area contributed by atoms with E-state index in [-0.39, 0.29) is 48.8 Å². The standard InChI is InChI=1S/C63H78N2O10/c1-3-5-7-9-11-41-72-53-35-23-49(24-36-53)61(70)74-55-31-17-45(18-32-55)21-39-57(66)59(68)63(43-47-13-27-51(64)28-14-47,44-48-15-29-52(65)30-16-48)60(69)58(67)40-22-46-19-33-56(34-20-46)75-62(71)50-25-37-54(38-26-50)73-42-12-10-8-6-4-2/h3-4,13-22,27-34,39-40,49-50,53-54,59-60,68-69H,1-2,5-12,23-26,35-38,41-44,64-65H2/b39-21+,40-22+. The van der Waals surface area contributed by atoms with Crippen LogP contribution < -0.4 is 20.9 Å². The van der Waals surface area contributed by atoms with E-state index in [1.54, 1.807) is 97.1 Å². The van der Waals surface area contributed by atoms with Gasteiger partial charge in [-0.15, -0.1) is 13.2 Å². The molecule has 0 aromatic heterocycles. The number of hydrogen-bond donors (Lipinski definition) is 4. The first-order valence-corrected chi connectivity index (χ1v) is 26.9. The molecule has 4 aromatic rings. The highest BCUT2D eigenvalue weighted by atomic mass is 16.5. The van der Waals surface area contributed by atoms with E-state index in [2.05, 4.69) is 13.2 Å². The van der Waals surface area contributed by atoms with Crippen molar-refractivity contribution < 1.29 is 48.3 Å². The summed E-state index contributed by atoms with van der Waals surface area (Å²) in [5, 5.41) is 24.6. The summed E-state index contributed by atoms with van der Waals surface area (Å²) in [6, 6.07) is 27.1. The minimum atomic E-state index is -1.88. The zero-order valence-corrected chi connectivity index (χ0v) is 43.5. The van der Waals surface area contributed by atoms with Crippen molar-refractivity contribution in [3.05, 3.63) is 157 Å². The van der Waals surface area contributed by atoms with E-state index in [0.29, 0.717) is 70.8 Å². The lowest BCUT2D eigenvalue weighted by molar-refractivity contribution is -0.146. The molecule has 2 unspecified atom stereocenters. The monoisotopic (exact) mass is 1020 g/mol. The van der Waals surface area contributed by atoms with Crippen LogP contribution in [-0.4, -0.2) is 71.3 Å². The van der Waals surface area contributed by atoms with Crippen LogP contribution in [0.25, 0.3) is 12.2 Å². The highest BCUT2D eigenvalue weighted by molar-refractivity contribution is 6.01. The van der Waals surface area contributed by atoms with Crippen molar-refractivity contribution in [3.8, 4) is 11.5 Å². The van der Waals surface area contributed by atoms with Gasteiger partial charge in [0.2, 0.25) is 0 Å². The van der Waals surface area contributed by atoms with Gasteiger partial charge in [-0.25, -0.2) is 0 Å². The van der Waals surface area contributed by atoms with E-state index >= 15 is 0 Å². The Hall–Kier alpha value is -6.44. The minimum Gasteiger partial charge on any atom is -0.426 e. The molecule has 12 heteroatoms. The van der Waals surface area contributed by atoms with Gasteiger partial charge in [-0.1, -0.05) is 85.7 Å². The summed E-state index contributed by atoms with van der Waals surface area (Å²) >= 11 is 0. The Morgan fingerprint density at radius 2 is 0.880 bits per heavy atom. The zero-order valence-electron chi connectivity index (χ0n) is 43.5. The summed E-state index contributed by atoms with van der Waals surface area (Å²) in [6.07, 6.45) is 20.3. The maximum atomic E-state index is 14.2. The first-order valence-electron chi connectivity index (χ1n) is 26.9. The fourth-order valence-electron chi connectivity index (χ4n) is 9.99. The van der Waals surface area contributed by atoms with Crippen LogP contribution in [0.2, 0.25) is 0 Å². The molecule has 0 bridgehead atoms. The number of aliphatic hydroxyl groups is 2. The fourth-order valence-corrected chi connectivity index (χ4v) is 9.99. The van der Waals surface area contributed by atoms with E-state index in [4.69, 9.17) is 30.4 Å². The van der Waals surface area contributed by atoms with Gasteiger partial charge < -0.3 is 40.6 Å². The molecule has 6 rings (SSSR count). The number of carbonyl (C=O) groups is 4. The van der Waals surface area contributed by atoms with Crippen LogP contribution in [0.1, 0.15) is 125 Å². The number of esters is 2. The largest absolute Gasteiger partial charge is 0.426 e. The Bertz CT molecular complexity index is 2310. The number of hydrogen-bond acceptors (Lipinski definition) is 12. The van der Waals surface area contributed by atoms with Gasteiger partial charge in [0.1, 0.15) is 23.7 Å². The molecule has 0 amide bonds. The molecule has 2 aliphatic rings. The zero-order chi connectivity index (χ0) is 53.4. The van der Waals surface area contributed by atoms with E-state index in [1.165, 1.54) is 24.3 Å². The number of unbranched alkanes of at least 4 members (excludes halogenated alkanes) is 6. The van der Waals surface area contributed by atoms with Gasteiger partial charge in [0.05, 0.1) is 24.0 Å². The number of allylic oxidation sites excluding steroid dienone is 2. The highest BCUT2D eigenvalue weighted by Gasteiger charge is 2.49. The number of aliphatic hydroxyl groups excluding tert-OH is 2. The molecule has 12 nitrogen and oxygen atoms in total. The third kappa shape index (κ3) is 18.4. The number of ether oxygens (including phenoxy) is 4. The number of ketones is 2. The summed E-state index contributed by atoms with van der Waals surface area (Å²) in [6.45, 7) is 8.99. The number of benzene rings is 4. The van der Waals surface area contributed by atoms with Crippen molar-refractivity contribution in [2.45, 2.75) is 140 Å². The molecule has 2 saturated carbocycles. The second kappa shape index (κ2) is 30.2. The van der Waals surface area contributed by atoms with Gasteiger partial charge in [-0.2, -0.15) is 0 Å². The van der Waals surface area contributed by atoms with Crippen LogP contribution in [0.4, 0.5) is 11.4 Å². The second-order valence-corrected chi connectivity index (χ2v) is 20.3. The molecule has 0 heterocycles. The maximum Gasteiger partial charge on any atom is 0.314 e. The molecule has 2 fully saturated rings. The Balaban J connectivity index is 1.10. The Morgan fingerprint density at radius 3 is 1.23 bits per heavy atom. The average molecular weight is 1020 g/mol. The molecule has 0 aliphatic heterocycles. The lowest BCUT2D eigenvalue weighted by Gasteiger charge is -2.40. The van der Waals surface area contributed by atoms with Crippen LogP contribution in [0.15, 0.2) is 135 Å². The van der Waals surface area contributed by atoms with Gasteiger partial charge >= 0.3 is 11.9 Å². The minimum absolute atomic E-state index is 0.0878. The number of rotatable bonds is 30. The van der Waals surface area contributed by atoms with E-state index in [9.17, 15) is 29.4 Å². The van der Waals surface area contributed by atoms with E-state index in [1.807, 2.05) is 12.2 Å². The van der Waals surface area contributed by atoms with E-state index < -0.39 is 29.2 Å². The second-order valence-electron chi connectivity index (χ2n) is 20.3. The SMILES string of the molecule is C=CCCCCCOC1CCC(C(=O)Oc2ccc(/C=C/C(=O)C(O)C(Cc3ccc(N)cc3)(Cc3ccc(N)cc3)C(O)C(=O)/C=C/c3ccc(OC(=O)C4CCC(OCCCCCC=C)CC4)cc3)cc2)CC1. The van der Waals surface area contributed by atoms with Crippen LogP contribution in [0.3, 0.4) is 0 Å². The summed E-state index contributed by atoms with van der Waals surface area (Å²) in [7, 11) is 0. The highest BCUT2D eigenvalue weighted by Crippen LogP contribution is 2.38. The normalized spacial score (nSPS) is 18.8. The molecular formula is C63H78N2O10. The molecule has 6 N–H and O–H groups in total. The van der Waals surface area contributed by atoms with Gasteiger partial charge in [0.25, 0.3) is 0 Å². The lowest BCUT2D eigenvalue weighted by Crippen LogP contribution is -2.54. The molecule has 0 saturated heterocycles. The van der Waals surface area contributed by atoms with Crippen molar-refractivity contribution in [1.29, 1.82) is 0 Å². The van der Waals surface area contributed by atoms with Crippen molar-refractivity contribution >= 4 is 47.0 Å². The first-order chi connectivity index (χ1) is 36.3. The lowest BCUT2D eigenvalue weighted by atomic mass is 9.66. The van der Waals surface area contributed by atoms with E-state index in [0.717, 1.165) is 90.3 Å². The fraction of sp³-hybridized carbons (Fsp3) is 0.429. The van der Waals surface area contributed by atoms with Crippen molar-refractivity contribution in [3.63, 3.8) is 0 Å². The molecule has 75 heavy (non-hydrogen) atoms. The van der Waals surface area contributed by atoms with Crippen LogP contribution in [-0.2, 0) is 41.5 Å². The third-order valence-corrected chi connectivity index (χ3v) is 14.6. The Morgan fingerprint density at radius 1 is 0.520 bits per heavy atom.